The van der Waals surface area contributed by atoms with Gasteiger partial charge in [0, 0.05) is 16.2 Å². The number of hydrogen-bond donors (Lipinski definition) is 0. The molecule has 0 aliphatic carbocycles. The fraction of sp³-hybridized carbons (Fsp3) is 0.147. The van der Waals surface area contributed by atoms with Gasteiger partial charge in [-0.25, -0.2) is 9.79 Å². The highest BCUT2D eigenvalue weighted by molar-refractivity contribution is 7.99. The van der Waals surface area contributed by atoms with Gasteiger partial charge < -0.3 is 9.47 Å². The summed E-state index contributed by atoms with van der Waals surface area (Å²) in [5.74, 6) is -0.0486. The van der Waals surface area contributed by atoms with Crippen molar-refractivity contribution >= 4 is 29.5 Å². The van der Waals surface area contributed by atoms with Gasteiger partial charge in [-0.15, -0.1) is 11.8 Å². The van der Waals surface area contributed by atoms with E-state index in [1.165, 1.54) is 4.90 Å². The van der Waals surface area contributed by atoms with Crippen molar-refractivity contribution in [1.82, 2.24) is 4.90 Å². The molecule has 2 aliphatic rings. The molecule has 0 N–H and O–H groups in total. The van der Waals surface area contributed by atoms with E-state index in [0.717, 1.165) is 21.6 Å². The number of benzene rings is 4. The molecule has 6 nitrogen and oxygen atoms in total. The van der Waals surface area contributed by atoms with Crippen molar-refractivity contribution in [1.29, 1.82) is 0 Å². The lowest BCUT2D eigenvalue weighted by molar-refractivity contribution is -0.178. The molecular weight excluding hydrogens is 532 g/mol. The smallest absolute Gasteiger partial charge is 0.334 e. The number of rotatable bonds is 10. The average Bonchev–Trinajstić information content (AvgIpc) is 3.43. The molecule has 1 fully saturated rings. The van der Waals surface area contributed by atoms with Gasteiger partial charge in [0.2, 0.25) is 12.1 Å². The second-order valence-electron chi connectivity index (χ2n) is 9.80. The van der Waals surface area contributed by atoms with Crippen molar-refractivity contribution in [2.45, 2.75) is 29.3 Å². The lowest BCUT2D eigenvalue weighted by Gasteiger charge is -2.44. The van der Waals surface area contributed by atoms with Crippen LogP contribution < -0.4 is 0 Å². The predicted octanol–water partition coefficient (Wildman–Crippen LogP) is 6.05. The van der Waals surface area contributed by atoms with Crippen LogP contribution in [0.2, 0.25) is 0 Å². The van der Waals surface area contributed by atoms with Crippen LogP contribution in [0.15, 0.2) is 143 Å². The molecule has 2 unspecified atom stereocenters. The fourth-order valence-electron chi connectivity index (χ4n) is 4.99. The third-order valence-corrected chi connectivity index (χ3v) is 8.18. The van der Waals surface area contributed by atoms with Gasteiger partial charge in [-0.1, -0.05) is 104 Å². The fourth-order valence-corrected chi connectivity index (χ4v) is 5.85. The van der Waals surface area contributed by atoms with Crippen LogP contribution in [0.5, 0.6) is 0 Å². The number of thioether (sulfide) groups is 1. The van der Waals surface area contributed by atoms with E-state index in [0.29, 0.717) is 17.2 Å². The Labute approximate surface area is 243 Å². The quantitative estimate of drug-likeness (QED) is 0.102. The van der Waals surface area contributed by atoms with Crippen molar-refractivity contribution in [3.05, 3.63) is 150 Å². The number of nitrogens with zero attached hydrogens (tertiary/aromatic N) is 2. The van der Waals surface area contributed by atoms with Gasteiger partial charge in [0.25, 0.3) is 5.91 Å². The molecule has 6 rings (SSSR count). The first-order valence-electron chi connectivity index (χ1n) is 13.4. The van der Waals surface area contributed by atoms with Crippen LogP contribution in [0.1, 0.15) is 22.8 Å². The zero-order chi connectivity index (χ0) is 28.2. The Hall–Kier alpha value is -4.62. The summed E-state index contributed by atoms with van der Waals surface area (Å²) in [6.45, 7) is 4.26. The molecule has 1 amide bonds. The van der Waals surface area contributed by atoms with Crippen LogP contribution in [-0.2, 0) is 19.1 Å². The average molecular weight is 561 g/mol. The van der Waals surface area contributed by atoms with Gasteiger partial charge in [-0.3, -0.25) is 9.69 Å². The highest BCUT2D eigenvalue weighted by atomic mass is 32.2. The van der Waals surface area contributed by atoms with Crippen LogP contribution in [-0.4, -0.2) is 46.7 Å². The molecule has 4 aromatic rings. The molecule has 4 aromatic carbocycles. The molecule has 0 saturated carbocycles. The predicted molar refractivity (Wildman–Crippen MR) is 159 cm³/mol. The number of likely N-dealkylation sites (tertiary alicyclic amines) is 1. The molecule has 7 heteroatoms. The summed E-state index contributed by atoms with van der Waals surface area (Å²) in [5, 5.41) is 0. The first kappa shape index (κ1) is 26.6. The lowest BCUT2D eigenvalue weighted by Crippen LogP contribution is -2.68. The van der Waals surface area contributed by atoms with Crippen molar-refractivity contribution in [3.63, 3.8) is 0 Å². The summed E-state index contributed by atoms with van der Waals surface area (Å²) < 4.78 is 12.4. The summed E-state index contributed by atoms with van der Waals surface area (Å²) in [6, 6.07) is 36.7. The zero-order valence-corrected chi connectivity index (χ0v) is 23.0. The molecule has 0 spiro atoms. The standard InChI is InChI=1S/C34H28N2O4S/c1-23(22-41-27-20-12-5-13-21-27)29(36-32(37)28-33(36)40-31(35-28)26-18-10-4-11-19-26)34(38)39-30(24-14-6-2-7-15-24)25-16-8-3-9-17-25/h2-21,28-30,33H,1,22H2/t28?,29-,33?/m1/s1. The van der Waals surface area contributed by atoms with E-state index in [1.54, 1.807) is 11.8 Å². The maximum Gasteiger partial charge on any atom is 0.334 e. The van der Waals surface area contributed by atoms with Gasteiger partial charge in [-0.2, -0.15) is 0 Å². The second kappa shape index (κ2) is 11.9. The highest BCUT2D eigenvalue weighted by Gasteiger charge is 2.58. The normalized spacial score (nSPS) is 18.1. The summed E-state index contributed by atoms with van der Waals surface area (Å²) in [5.41, 5.74) is 2.98. The van der Waals surface area contributed by atoms with Crippen molar-refractivity contribution < 1.29 is 19.1 Å². The number of hydrogen-bond acceptors (Lipinski definition) is 6. The van der Waals surface area contributed by atoms with E-state index in [9.17, 15) is 9.59 Å². The Morgan fingerprint density at radius 3 is 1.98 bits per heavy atom. The lowest BCUT2D eigenvalue weighted by atomic mass is 9.97. The van der Waals surface area contributed by atoms with Crippen molar-refractivity contribution in [3.8, 4) is 0 Å². The molecule has 2 heterocycles. The summed E-state index contributed by atoms with van der Waals surface area (Å²) in [4.78, 5) is 34.5. The second-order valence-corrected chi connectivity index (χ2v) is 10.8. The van der Waals surface area contributed by atoms with Gasteiger partial charge in [0.05, 0.1) is 0 Å². The number of esters is 1. The number of ether oxygens (including phenoxy) is 2. The Morgan fingerprint density at radius 1 is 0.854 bits per heavy atom. The van der Waals surface area contributed by atoms with Gasteiger partial charge >= 0.3 is 5.97 Å². The minimum absolute atomic E-state index is 0.287. The van der Waals surface area contributed by atoms with E-state index in [-0.39, 0.29) is 5.91 Å². The van der Waals surface area contributed by atoms with Gasteiger partial charge in [0.1, 0.15) is 0 Å². The molecule has 0 aromatic heterocycles. The van der Waals surface area contributed by atoms with Crippen LogP contribution in [0.25, 0.3) is 0 Å². The first-order valence-corrected chi connectivity index (χ1v) is 14.4. The minimum atomic E-state index is -1.04. The van der Waals surface area contributed by atoms with Crippen LogP contribution in [0.3, 0.4) is 0 Å². The molecule has 0 bridgehead atoms. The van der Waals surface area contributed by atoms with Crippen molar-refractivity contribution in [2.24, 2.45) is 4.99 Å². The van der Waals surface area contributed by atoms with E-state index < -0.39 is 30.4 Å². The minimum Gasteiger partial charge on any atom is -0.451 e. The van der Waals surface area contributed by atoms with E-state index in [2.05, 4.69) is 11.6 Å². The third-order valence-electron chi connectivity index (χ3n) is 7.06. The Morgan fingerprint density at radius 2 is 1.39 bits per heavy atom. The molecule has 3 atom stereocenters. The molecule has 204 valence electrons. The molecule has 2 aliphatic heterocycles. The number of β-lactam (4-membered cyclic amide) rings is 1. The largest absolute Gasteiger partial charge is 0.451 e. The van der Waals surface area contributed by atoms with E-state index in [1.807, 2.05) is 121 Å². The number of amides is 1. The number of aliphatic imine (C=N–C) groups is 1. The Bertz CT molecular complexity index is 1520. The highest BCUT2D eigenvalue weighted by Crippen LogP contribution is 2.37. The topological polar surface area (TPSA) is 68.2 Å². The molecule has 1 saturated heterocycles. The van der Waals surface area contributed by atoms with Crippen LogP contribution >= 0.6 is 11.8 Å². The monoisotopic (exact) mass is 560 g/mol. The zero-order valence-electron chi connectivity index (χ0n) is 22.2. The number of carbonyl (C=O) groups is 2. The number of fused-ring (bicyclic) bond motifs is 1. The summed E-state index contributed by atoms with van der Waals surface area (Å²) >= 11 is 1.55. The maximum absolute atomic E-state index is 14.1. The molecule has 41 heavy (non-hydrogen) atoms. The van der Waals surface area contributed by atoms with E-state index in [4.69, 9.17) is 9.47 Å². The van der Waals surface area contributed by atoms with Gasteiger partial charge in [0.15, 0.2) is 18.2 Å². The van der Waals surface area contributed by atoms with Crippen molar-refractivity contribution in [2.75, 3.05) is 5.75 Å². The molecule has 0 radical (unpaired) electrons. The van der Waals surface area contributed by atoms with Gasteiger partial charge in [-0.05, 0) is 41.0 Å². The SMILES string of the molecule is C=C(CSc1ccccc1)[C@H](C(=O)OC(c1ccccc1)c1ccccc1)N1C(=O)C2N=C(c3ccccc3)OC21. The summed E-state index contributed by atoms with van der Waals surface area (Å²) in [7, 11) is 0. The van der Waals surface area contributed by atoms with Crippen LogP contribution in [0.4, 0.5) is 0 Å². The van der Waals surface area contributed by atoms with E-state index >= 15 is 0 Å². The Kier molecular flexibility index (Phi) is 7.69. The first-order chi connectivity index (χ1) is 20.1. The maximum atomic E-state index is 14.1. The summed E-state index contributed by atoms with van der Waals surface area (Å²) in [6.07, 6.45) is -1.37. The molecular formula is C34H28N2O4S. The van der Waals surface area contributed by atoms with Crippen LogP contribution in [0, 0.1) is 0 Å². The third kappa shape index (κ3) is 5.54. The Balaban J connectivity index is 1.28. The number of carbonyl (C=O) groups excluding carboxylic acids is 2.